The highest BCUT2D eigenvalue weighted by Crippen LogP contribution is 2.61. The molecule has 0 heterocycles. The van der Waals surface area contributed by atoms with Gasteiger partial charge >= 0.3 is 0 Å². The van der Waals surface area contributed by atoms with Crippen LogP contribution in [0.2, 0.25) is 0 Å². The van der Waals surface area contributed by atoms with Gasteiger partial charge in [0.05, 0.1) is 16.5 Å². The normalized spacial score (nSPS) is 13.7. The molecule has 0 aromatic heterocycles. The fourth-order valence-corrected chi connectivity index (χ4v) is 11.1. The zero-order valence-corrected chi connectivity index (χ0v) is 34.8. The van der Waals surface area contributed by atoms with Gasteiger partial charge in [-0.15, -0.1) is 0 Å². The van der Waals surface area contributed by atoms with Gasteiger partial charge in [-0.1, -0.05) is 231 Å². The zero-order valence-electron chi connectivity index (χ0n) is 34.8. The lowest BCUT2D eigenvalue weighted by Crippen LogP contribution is -2.30. The van der Waals surface area contributed by atoms with Crippen LogP contribution in [0.5, 0.6) is 0 Å². The average Bonchev–Trinajstić information content (AvgIpc) is 3.85. The second kappa shape index (κ2) is 14.9. The van der Waals surface area contributed by atoms with Crippen LogP contribution in [0.15, 0.2) is 261 Å². The number of rotatable bonds is 8. The standard InChI is InChI=1S/C62H43N/c1-5-20-44(21-6-1)45-36-40-50(41-37-45)63(51-42-38-49(39-43-51)61(46-22-7-2-8-23-46)56-32-16-13-28-52(56)53-29-14-17-33-57(53)61)59-35-19-31-55-54-30-15-18-34-58(54)62(60(55)59,47-24-9-3-10-25-47)48-26-11-4-12-27-48/h1-43H. The molecule has 0 saturated heterocycles. The van der Waals surface area contributed by atoms with Gasteiger partial charge < -0.3 is 4.90 Å². The van der Waals surface area contributed by atoms with E-state index < -0.39 is 10.8 Å². The number of nitrogens with zero attached hydrogens (tertiary/aromatic N) is 1. The topological polar surface area (TPSA) is 3.24 Å². The Hall–Kier alpha value is -8.00. The van der Waals surface area contributed by atoms with E-state index in [9.17, 15) is 0 Å². The van der Waals surface area contributed by atoms with Crippen LogP contribution in [0.3, 0.4) is 0 Å². The number of hydrogen-bond acceptors (Lipinski definition) is 1. The molecule has 0 bridgehead atoms. The van der Waals surface area contributed by atoms with Crippen LogP contribution in [0.1, 0.15) is 44.5 Å². The molecule has 12 rings (SSSR count). The second-order valence-corrected chi connectivity index (χ2v) is 16.7. The van der Waals surface area contributed by atoms with Gasteiger partial charge in [-0.05, 0) is 103 Å². The van der Waals surface area contributed by atoms with Crippen LogP contribution < -0.4 is 4.90 Å². The smallest absolute Gasteiger partial charge is 0.0734 e. The van der Waals surface area contributed by atoms with E-state index in [2.05, 4.69) is 266 Å². The fourth-order valence-electron chi connectivity index (χ4n) is 11.1. The first kappa shape index (κ1) is 36.8. The Bertz CT molecular complexity index is 3160. The summed E-state index contributed by atoms with van der Waals surface area (Å²) in [5, 5.41) is 0. The van der Waals surface area contributed by atoms with Crippen molar-refractivity contribution in [3.8, 4) is 33.4 Å². The fraction of sp³-hybridized carbons (Fsp3) is 0.0323. The number of fused-ring (bicyclic) bond motifs is 6. The van der Waals surface area contributed by atoms with Crippen LogP contribution in [0.25, 0.3) is 33.4 Å². The van der Waals surface area contributed by atoms with Crippen molar-refractivity contribution in [1.29, 1.82) is 0 Å². The van der Waals surface area contributed by atoms with Crippen molar-refractivity contribution >= 4 is 17.1 Å². The van der Waals surface area contributed by atoms with Crippen molar-refractivity contribution in [2.45, 2.75) is 10.8 Å². The van der Waals surface area contributed by atoms with Crippen LogP contribution in [0.4, 0.5) is 17.1 Å². The van der Waals surface area contributed by atoms with Crippen molar-refractivity contribution in [3.63, 3.8) is 0 Å². The molecule has 0 saturated carbocycles. The second-order valence-electron chi connectivity index (χ2n) is 16.7. The summed E-state index contributed by atoms with van der Waals surface area (Å²) in [6, 6.07) is 96.4. The molecule has 10 aromatic rings. The van der Waals surface area contributed by atoms with Gasteiger partial charge in [0.2, 0.25) is 0 Å². The lowest BCUT2D eigenvalue weighted by molar-refractivity contribution is 0.766. The highest BCUT2D eigenvalue weighted by Gasteiger charge is 2.49. The quantitative estimate of drug-likeness (QED) is 0.148. The van der Waals surface area contributed by atoms with E-state index >= 15 is 0 Å². The van der Waals surface area contributed by atoms with Crippen molar-refractivity contribution in [3.05, 3.63) is 305 Å². The Balaban J connectivity index is 1.12. The molecule has 0 aliphatic heterocycles. The number of hydrogen-bond donors (Lipinski definition) is 0. The van der Waals surface area contributed by atoms with E-state index in [-0.39, 0.29) is 0 Å². The predicted molar refractivity (Wildman–Crippen MR) is 261 cm³/mol. The van der Waals surface area contributed by atoms with Gasteiger partial charge in [-0.25, -0.2) is 0 Å². The Labute approximate surface area is 369 Å². The molecule has 0 radical (unpaired) electrons. The molecule has 2 aliphatic rings. The molecular weight excluding hydrogens is 759 g/mol. The molecule has 10 aromatic carbocycles. The molecule has 2 aliphatic carbocycles. The van der Waals surface area contributed by atoms with Gasteiger partial charge in [0, 0.05) is 16.9 Å². The summed E-state index contributed by atoms with van der Waals surface area (Å²) in [6.45, 7) is 0. The summed E-state index contributed by atoms with van der Waals surface area (Å²) in [7, 11) is 0. The summed E-state index contributed by atoms with van der Waals surface area (Å²) in [5.41, 5.74) is 19.9. The summed E-state index contributed by atoms with van der Waals surface area (Å²) < 4.78 is 0. The molecule has 0 amide bonds. The Morgan fingerprint density at radius 2 is 0.587 bits per heavy atom. The number of anilines is 3. The van der Waals surface area contributed by atoms with Crippen LogP contribution in [0, 0.1) is 0 Å². The SMILES string of the molecule is c1ccc(-c2ccc(N(c3ccc(C4(c5ccccc5)c5ccccc5-c5ccccc54)cc3)c3cccc4c3C(c3ccccc3)(c3ccccc3)c3ccccc3-4)cc2)cc1. The Morgan fingerprint density at radius 3 is 1.10 bits per heavy atom. The summed E-state index contributed by atoms with van der Waals surface area (Å²) in [5.74, 6) is 0. The van der Waals surface area contributed by atoms with Gasteiger partial charge in [0.25, 0.3) is 0 Å². The third-order valence-electron chi connectivity index (χ3n) is 13.6. The average molecular weight is 802 g/mol. The lowest BCUT2D eigenvalue weighted by atomic mass is 9.67. The zero-order chi connectivity index (χ0) is 41.8. The molecule has 0 N–H and O–H groups in total. The first-order valence-corrected chi connectivity index (χ1v) is 21.9. The summed E-state index contributed by atoms with van der Waals surface area (Å²) >= 11 is 0. The predicted octanol–water partition coefficient (Wildman–Crippen LogP) is 15.5. The van der Waals surface area contributed by atoms with Crippen LogP contribution in [-0.2, 0) is 10.8 Å². The van der Waals surface area contributed by atoms with E-state index in [4.69, 9.17) is 0 Å². The molecular formula is C62H43N. The number of benzene rings is 10. The molecule has 0 fully saturated rings. The maximum absolute atomic E-state index is 2.50. The molecule has 63 heavy (non-hydrogen) atoms. The monoisotopic (exact) mass is 801 g/mol. The van der Waals surface area contributed by atoms with E-state index in [1.54, 1.807) is 0 Å². The highest BCUT2D eigenvalue weighted by atomic mass is 15.1. The van der Waals surface area contributed by atoms with E-state index in [0.717, 1.165) is 17.1 Å². The molecule has 0 spiro atoms. The summed E-state index contributed by atoms with van der Waals surface area (Å²) in [4.78, 5) is 2.50. The van der Waals surface area contributed by atoms with Gasteiger partial charge in [0.1, 0.15) is 0 Å². The van der Waals surface area contributed by atoms with Crippen LogP contribution >= 0.6 is 0 Å². The summed E-state index contributed by atoms with van der Waals surface area (Å²) in [6.07, 6.45) is 0. The van der Waals surface area contributed by atoms with E-state index in [0.29, 0.717) is 0 Å². The van der Waals surface area contributed by atoms with Gasteiger partial charge in [-0.2, -0.15) is 0 Å². The first-order chi connectivity index (χ1) is 31.3. The maximum Gasteiger partial charge on any atom is 0.0734 e. The maximum atomic E-state index is 2.50. The molecule has 1 heteroatoms. The van der Waals surface area contributed by atoms with Crippen molar-refractivity contribution in [2.24, 2.45) is 0 Å². The lowest BCUT2D eigenvalue weighted by Gasteiger charge is -2.38. The third kappa shape index (κ3) is 5.50. The van der Waals surface area contributed by atoms with Crippen molar-refractivity contribution in [1.82, 2.24) is 0 Å². The van der Waals surface area contributed by atoms with Gasteiger partial charge in [-0.3, -0.25) is 0 Å². The highest BCUT2D eigenvalue weighted by molar-refractivity contribution is 5.95. The van der Waals surface area contributed by atoms with Gasteiger partial charge in [0.15, 0.2) is 0 Å². The largest absolute Gasteiger partial charge is 0.310 e. The Morgan fingerprint density at radius 1 is 0.238 bits per heavy atom. The first-order valence-electron chi connectivity index (χ1n) is 21.9. The minimum atomic E-state index is -0.582. The van der Waals surface area contributed by atoms with E-state index in [1.807, 2.05) is 0 Å². The molecule has 0 unspecified atom stereocenters. The van der Waals surface area contributed by atoms with Crippen LogP contribution in [-0.4, -0.2) is 0 Å². The minimum Gasteiger partial charge on any atom is -0.310 e. The Kier molecular flexibility index (Phi) is 8.69. The molecule has 0 atom stereocenters. The third-order valence-corrected chi connectivity index (χ3v) is 13.6. The van der Waals surface area contributed by atoms with E-state index in [1.165, 1.54) is 77.9 Å². The molecule has 1 nitrogen and oxygen atoms in total. The molecule has 296 valence electrons. The van der Waals surface area contributed by atoms with Crippen molar-refractivity contribution in [2.75, 3.05) is 4.90 Å². The minimum absolute atomic E-state index is 0.486. The van der Waals surface area contributed by atoms with Crippen molar-refractivity contribution < 1.29 is 0 Å².